The average molecular weight is 265 g/mol. The smallest absolute Gasteiger partial charge is 0.171 e. The van der Waals surface area contributed by atoms with Gasteiger partial charge in [0, 0.05) is 23.2 Å². The molecule has 5 heteroatoms. The fourth-order valence-corrected chi connectivity index (χ4v) is 1.84. The Labute approximate surface area is 108 Å². The molecule has 0 bridgehead atoms. The van der Waals surface area contributed by atoms with Crippen molar-refractivity contribution in [2.75, 3.05) is 5.73 Å². The highest BCUT2D eigenvalue weighted by Crippen LogP contribution is 2.21. The van der Waals surface area contributed by atoms with Crippen LogP contribution in [0.2, 0.25) is 5.02 Å². The molecule has 2 N–H and O–H groups in total. The highest BCUT2D eigenvalue weighted by atomic mass is 35.5. The van der Waals surface area contributed by atoms with Gasteiger partial charge in [-0.05, 0) is 24.3 Å². The second-order valence-corrected chi connectivity index (χ2v) is 4.14. The van der Waals surface area contributed by atoms with E-state index in [1.54, 1.807) is 18.2 Å². The number of halogens is 2. The predicted octanol–water partition coefficient (Wildman–Crippen LogP) is 2.88. The number of nitrogens with zero attached hydrogens (tertiary/aromatic N) is 1. The number of nitrogen functional groups attached to an aromatic ring is 1. The number of pyridine rings is 1. The van der Waals surface area contributed by atoms with E-state index >= 15 is 0 Å². The number of hydrogen-bond donors (Lipinski definition) is 1. The Morgan fingerprint density at radius 2 is 2.11 bits per heavy atom. The lowest BCUT2D eigenvalue weighted by Crippen LogP contribution is -2.09. The second kappa shape index (κ2) is 5.14. The predicted molar refractivity (Wildman–Crippen MR) is 68.1 cm³/mol. The third-order valence-electron chi connectivity index (χ3n) is 2.54. The summed E-state index contributed by atoms with van der Waals surface area (Å²) in [5, 5.41) is 0.228. The van der Waals surface area contributed by atoms with Crippen LogP contribution >= 0.6 is 11.6 Å². The Bertz CT molecular complexity index is 581. The van der Waals surface area contributed by atoms with Crippen molar-refractivity contribution in [3.63, 3.8) is 0 Å². The first-order chi connectivity index (χ1) is 8.59. The van der Waals surface area contributed by atoms with Crippen LogP contribution < -0.4 is 5.73 Å². The van der Waals surface area contributed by atoms with Gasteiger partial charge in [-0.25, -0.2) is 9.37 Å². The zero-order chi connectivity index (χ0) is 13.1. The number of hydrogen-bond acceptors (Lipinski definition) is 3. The van der Waals surface area contributed by atoms with Gasteiger partial charge in [0.1, 0.15) is 11.6 Å². The summed E-state index contributed by atoms with van der Waals surface area (Å²) in [5.41, 5.74) is 6.04. The zero-order valence-corrected chi connectivity index (χ0v) is 10.1. The van der Waals surface area contributed by atoms with Crippen LogP contribution in [-0.4, -0.2) is 10.8 Å². The van der Waals surface area contributed by atoms with Crippen LogP contribution in [0.1, 0.15) is 15.9 Å². The van der Waals surface area contributed by atoms with Gasteiger partial charge < -0.3 is 5.73 Å². The first-order valence-corrected chi connectivity index (χ1v) is 5.64. The molecule has 0 fully saturated rings. The molecule has 0 radical (unpaired) electrons. The van der Waals surface area contributed by atoms with Crippen molar-refractivity contribution in [1.82, 2.24) is 4.98 Å². The van der Waals surface area contributed by atoms with Crippen molar-refractivity contribution >= 4 is 23.2 Å². The molecule has 0 unspecified atom stereocenters. The normalized spacial score (nSPS) is 10.3. The fraction of sp³-hybridized carbons (Fsp3) is 0.0769. The molecule has 0 saturated heterocycles. The molecule has 1 heterocycles. The molecule has 0 amide bonds. The number of nitrogens with two attached hydrogens (primary N) is 1. The Kier molecular flexibility index (Phi) is 3.58. The highest BCUT2D eigenvalue weighted by Gasteiger charge is 2.15. The highest BCUT2D eigenvalue weighted by molar-refractivity contribution is 6.31. The van der Waals surface area contributed by atoms with Crippen molar-refractivity contribution in [2.24, 2.45) is 0 Å². The molecular weight excluding hydrogens is 255 g/mol. The van der Waals surface area contributed by atoms with Crippen LogP contribution in [0.4, 0.5) is 10.2 Å². The third kappa shape index (κ3) is 2.49. The minimum absolute atomic E-state index is 0.134. The number of carbonyl (C=O) groups is 1. The van der Waals surface area contributed by atoms with E-state index in [9.17, 15) is 9.18 Å². The van der Waals surface area contributed by atoms with Crippen molar-refractivity contribution in [3.05, 3.63) is 58.5 Å². The van der Waals surface area contributed by atoms with E-state index in [1.165, 1.54) is 18.3 Å². The molecule has 0 aliphatic rings. The SMILES string of the molecule is Nc1ncccc1C(=O)Cc1c(F)cccc1Cl. The maximum Gasteiger partial charge on any atom is 0.171 e. The van der Waals surface area contributed by atoms with Gasteiger partial charge in [-0.2, -0.15) is 0 Å². The van der Waals surface area contributed by atoms with Crippen molar-refractivity contribution in [1.29, 1.82) is 0 Å². The summed E-state index contributed by atoms with van der Waals surface area (Å²) < 4.78 is 13.5. The number of anilines is 1. The summed E-state index contributed by atoms with van der Waals surface area (Å²) in [7, 11) is 0. The summed E-state index contributed by atoms with van der Waals surface area (Å²) in [5.74, 6) is -0.680. The topological polar surface area (TPSA) is 56.0 Å². The van der Waals surface area contributed by atoms with Gasteiger partial charge in [-0.3, -0.25) is 4.79 Å². The molecule has 0 atom stereocenters. The Morgan fingerprint density at radius 3 is 2.78 bits per heavy atom. The van der Waals surface area contributed by atoms with Crippen LogP contribution in [0.15, 0.2) is 36.5 Å². The summed E-state index contributed by atoms with van der Waals surface area (Å²) in [4.78, 5) is 15.8. The quantitative estimate of drug-likeness (QED) is 0.868. The van der Waals surface area contributed by atoms with E-state index in [2.05, 4.69) is 4.98 Å². The lowest BCUT2D eigenvalue weighted by molar-refractivity contribution is 0.0992. The first-order valence-electron chi connectivity index (χ1n) is 5.26. The minimum atomic E-state index is -0.502. The van der Waals surface area contributed by atoms with Crippen LogP contribution in [0.3, 0.4) is 0 Å². The van der Waals surface area contributed by atoms with Crippen LogP contribution in [0.25, 0.3) is 0 Å². The Balaban J connectivity index is 2.30. The average Bonchev–Trinajstić information content (AvgIpc) is 2.34. The van der Waals surface area contributed by atoms with Gasteiger partial charge in [-0.15, -0.1) is 0 Å². The van der Waals surface area contributed by atoms with Crippen LogP contribution in [0.5, 0.6) is 0 Å². The third-order valence-corrected chi connectivity index (χ3v) is 2.89. The lowest BCUT2D eigenvalue weighted by Gasteiger charge is -2.06. The summed E-state index contributed by atoms with van der Waals surface area (Å²) in [6, 6.07) is 7.46. The molecular formula is C13H10ClFN2O. The molecule has 1 aromatic carbocycles. The summed E-state index contributed by atoms with van der Waals surface area (Å²) in [6.07, 6.45) is 1.35. The van der Waals surface area contributed by atoms with E-state index in [1.807, 2.05) is 0 Å². The molecule has 0 spiro atoms. The number of carbonyl (C=O) groups excluding carboxylic acids is 1. The van der Waals surface area contributed by atoms with E-state index in [4.69, 9.17) is 17.3 Å². The van der Waals surface area contributed by atoms with Gasteiger partial charge in [0.15, 0.2) is 5.78 Å². The van der Waals surface area contributed by atoms with Crippen LogP contribution in [-0.2, 0) is 6.42 Å². The molecule has 0 aliphatic heterocycles. The number of ketones is 1. The Hall–Kier alpha value is -1.94. The van der Waals surface area contributed by atoms with Crippen molar-refractivity contribution in [3.8, 4) is 0 Å². The lowest BCUT2D eigenvalue weighted by atomic mass is 10.0. The van der Waals surface area contributed by atoms with Gasteiger partial charge in [0.25, 0.3) is 0 Å². The zero-order valence-electron chi connectivity index (χ0n) is 9.36. The molecule has 0 saturated carbocycles. The second-order valence-electron chi connectivity index (χ2n) is 3.74. The van der Waals surface area contributed by atoms with Gasteiger partial charge >= 0.3 is 0 Å². The van der Waals surface area contributed by atoms with E-state index in [0.29, 0.717) is 0 Å². The van der Waals surface area contributed by atoms with E-state index in [0.717, 1.165) is 0 Å². The van der Waals surface area contributed by atoms with E-state index in [-0.39, 0.29) is 34.2 Å². The molecule has 18 heavy (non-hydrogen) atoms. The minimum Gasteiger partial charge on any atom is -0.383 e. The molecule has 2 rings (SSSR count). The molecule has 92 valence electrons. The van der Waals surface area contributed by atoms with Gasteiger partial charge in [0.2, 0.25) is 0 Å². The largest absolute Gasteiger partial charge is 0.383 e. The first kappa shape index (κ1) is 12.5. The number of benzene rings is 1. The monoisotopic (exact) mass is 264 g/mol. The number of aromatic nitrogens is 1. The summed E-state index contributed by atoms with van der Waals surface area (Å²) >= 11 is 5.86. The molecule has 1 aromatic heterocycles. The van der Waals surface area contributed by atoms with Gasteiger partial charge in [0.05, 0.1) is 5.56 Å². The number of rotatable bonds is 3. The molecule has 3 nitrogen and oxygen atoms in total. The van der Waals surface area contributed by atoms with Crippen LogP contribution in [0, 0.1) is 5.82 Å². The van der Waals surface area contributed by atoms with Crippen molar-refractivity contribution < 1.29 is 9.18 Å². The standard InChI is InChI=1S/C13H10ClFN2O/c14-10-4-1-5-11(15)9(10)7-12(18)8-3-2-6-17-13(8)16/h1-6H,7H2,(H2,16,17). The van der Waals surface area contributed by atoms with Crippen molar-refractivity contribution in [2.45, 2.75) is 6.42 Å². The molecule has 0 aliphatic carbocycles. The van der Waals surface area contributed by atoms with Gasteiger partial charge in [-0.1, -0.05) is 17.7 Å². The maximum atomic E-state index is 13.5. The Morgan fingerprint density at radius 1 is 1.33 bits per heavy atom. The summed E-state index contributed by atoms with van der Waals surface area (Å²) in [6.45, 7) is 0. The molecule has 2 aromatic rings. The fourth-order valence-electron chi connectivity index (χ4n) is 1.61. The number of Topliss-reactive ketones (excluding diaryl/α,β-unsaturated/α-hetero) is 1. The maximum absolute atomic E-state index is 13.5. The van der Waals surface area contributed by atoms with E-state index < -0.39 is 5.82 Å².